The van der Waals surface area contributed by atoms with Crippen LogP contribution in [0.5, 0.6) is 5.75 Å². The number of halogens is 1. The lowest BCUT2D eigenvalue weighted by atomic mass is 10.0. The minimum Gasteiger partial charge on any atom is -0.502 e. The highest BCUT2D eigenvalue weighted by Gasteiger charge is 2.22. The van der Waals surface area contributed by atoms with Gasteiger partial charge in [0.25, 0.3) is 5.56 Å². The number of nitro groups is 1. The van der Waals surface area contributed by atoms with Gasteiger partial charge >= 0.3 is 5.69 Å². The highest BCUT2D eigenvalue weighted by atomic mass is 35.5. The van der Waals surface area contributed by atoms with Gasteiger partial charge in [0.05, 0.1) is 16.2 Å². The summed E-state index contributed by atoms with van der Waals surface area (Å²) >= 11 is 5.92. The predicted octanol–water partition coefficient (Wildman–Crippen LogP) is 3.26. The second-order valence-electron chi connectivity index (χ2n) is 6.89. The number of nitro benzene ring substituents is 1. The molecule has 2 N–H and O–H groups in total. The summed E-state index contributed by atoms with van der Waals surface area (Å²) in [5, 5.41) is 21.3. The van der Waals surface area contributed by atoms with E-state index in [0.29, 0.717) is 42.5 Å². The summed E-state index contributed by atoms with van der Waals surface area (Å²) in [4.78, 5) is 32.3. The van der Waals surface area contributed by atoms with E-state index >= 15 is 0 Å². The number of fused-ring (bicyclic) bond motifs is 1. The molecule has 0 bridgehead atoms. The number of aromatic nitrogens is 2. The molecule has 0 unspecified atom stereocenters. The van der Waals surface area contributed by atoms with E-state index in [1.54, 1.807) is 18.2 Å². The number of hydrogen-bond donors (Lipinski definition) is 2. The van der Waals surface area contributed by atoms with E-state index in [0.717, 1.165) is 16.8 Å². The van der Waals surface area contributed by atoms with Crippen LogP contribution in [-0.2, 0) is 19.5 Å². The lowest BCUT2D eigenvalue weighted by Crippen LogP contribution is -2.35. The van der Waals surface area contributed by atoms with Gasteiger partial charge in [-0.1, -0.05) is 17.7 Å². The van der Waals surface area contributed by atoms with E-state index < -0.39 is 4.92 Å². The zero-order valence-corrected chi connectivity index (χ0v) is 16.0. The molecule has 0 spiro atoms. The minimum absolute atomic E-state index is 0.184. The fourth-order valence-corrected chi connectivity index (χ4v) is 3.57. The third-order valence-corrected chi connectivity index (χ3v) is 5.16. The molecular weight excluding hydrogens is 396 g/mol. The molecule has 148 valence electrons. The Balaban J connectivity index is 1.54. The summed E-state index contributed by atoms with van der Waals surface area (Å²) in [6, 6.07) is 11.4. The zero-order chi connectivity index (χ0) is 20.5. The zero-order valence-electron chi connectivity index (χ0n) is 15.3. The average molecular weight is 413 g/mol. The lowest BCUT2D eigenvalue weighted by Gasteiger charge is -2.27. The number of phenols is 1. The monoisotopic (exact) mass is 412 g/mol. The number of H-pyrrole nitrogens is 1. The Morgan fingerprint density at radius 1 is 1.24 bits per heavy atom. The van der Waals surface area contributed by atoms with E-state index in [2.05, 4.69) is 9.97 Å². The molecule has 4 rings (SSSR count). The first-order valence-electron chi connectivity index (χ1n) is 8.97. The van der Waals surface area contributed by atoms with Crippen LogP contribution in [0.3, 0.4) is 0 Å². The number of hydrogen-bond acceptors (Lipinski definition) is 6. The van der Waals surface area contributed by atoms with Gasteiger partial charge in [-0.05, 0) is 35.9 Å². The minimum atomic E-state index is -0.625. The third kappa shape index (κ3) is 3.98. The van der Waals surface area contributed by atoms with Crippen LogP contribution >= 0.6 is 11.6 Å². The largest absolute Gasteiger partial charge is 0.502 e. The van der Waals surface area contributed by atoms with Gasteiger partial charge in [0.15, 0.2) is 5.75 Å². The van der Waals surface area contributed by atoms with Gasteiger partial charge in [-0.3, -0.25) is 19.8 Å². The molecule has 1 aromatic heterocycles. The topological polar surface area (TPSA) is 112 Å². The smallest absolute Gasteiger partial charge is 0.310 e. The molecule has 0 aliphatic carbocycles. The lowest BCUT2D eigenvalue weighted by molar-refractivity contribution is -0.385. The number of nitrogens with zero attached hydrogens (tertiary/aromatic N) is 3. The fourth-order valence-electron chi connectivity index (χ4n) is 3.44. The Kier molecular flexibility index (Phi) is 5.04. The van der Waals surface area contributed by atoms with Crippen molar-refractivity contribution >= 4 is 17.3 Å². The van der Waals surface area contributed by atoms with Crippen molar-refractivity contribution < 1.29 is 10.0 Å². The Morgan fingerprint density at radius 3 is 2.69 bits per heavy atom. The molecule has 0 fully saturated rings. The molecule has 1 aliphatic rings. The molecule has 1 aliphatic heterocycles. The van der Waals surface area contributed by atoms with Crippen LogP contribution in [0, 0.1) is 10.1 Å². The first kappa shape index (κ1) is 19.1. The number of rotatable bonds is 4. The maximum atomic E-state index is 12.6. The quantitative estimate of drug-likeness (QED) is 0.502. The molecule has 0 amide bonds. The van der Waals surface area contributed by atoms with Crippen molar-refractivity contribution in [2.45, 2.75) is 19.5 Å². The maximum Gasteiger partial charge on any atom is 0.310 e. The van der Waals surface area contributed by atoms with Crippen molar-refractivity contribution in [2.75, 3.05) is 6.54 Å². The standard InChI is InChI=1S/C20H17ClN4O4/c21-14-4-2-13(3-5-14)19-22-16-7-8-24(11-15(16)20(27)23-19)10-12-1-6-17(25(28)29)18(26)9-12/h1-6,9,26H,7-8,10-11H2,(H,22,23,27). The SMILES string of the molecule is O=c1[nH]c(-c2ccc(Cl)cc2)nc2c1CN(Cc1ccc([N+](=O)[O-])c(O)c1)CC2. The van der Waals surface area contributed by atoms with E-state index in [1.807, 2.05) is 17.0 Å². The molecular formula is C20H17ClN4O4. The fraction of sp³-hybridized carbons (Fsp3) is 0.200. The van der Waals surface area contributed by atoms with Crippen molar-refractivity contribution in [2.24, 2.45) is 0 Å². The summed E-state index contributed by atoms with van der Waals surface area (Å²) in [6.07, 6.45) is 0.610. The van der Waals surface area contributed by atoms with Crippen molar-refractivity contribution in [3.63, 3.8) is 0 Å². The number of benzene rings is 2. The second kappa shape index (κ2) is 7.65. The molecule has 3 aromatic rings. The van der Waals surface area contributed by atoms with Crippen LogP contribution in [0.25, 0.3) is 11.4 Å². The number of phenolic OH excluding ortho intramolecular Hbond substituents is 1. The van der Waals surface area contributed by atoms with Crippen LogP contribution in [-0.4, -0.2) is 31.4 Å². The van der Waals surface area contributed by atoms with E-state index in [1.165, 1.54) is 12.1 Å². The Hall–Kier alpha value is -3.23. The summed E-state index contributed by atoms with van der Waals surface area (Å²) in [5.41, 5.74) is 2.39. The molecule has 9 heteroatoms. The normalized spacial score (nSPS) is 13.8. The highest BCUT2D eigenvalue weighted by Crippen LogP contribution is 2.27. The van der Waals surface area contributed by atoms with Crippen LogP contribution in [0.2, 0.25) is 5.02 Å². The molecule has 8 nitrogen and oxygen atoms in total. The van der Waals surface area contributed by atoms with Gasteiger partial charge in [0.2, 0.25) is 0 Å². The van der Waals surface area contributed by atoms with Crippen molar-refractivity contribution in [1.82, 2.24) is 14.9 Å². The summed E-state index contributed by atoms with van der Waals surface area (Å²) < 4.78 is 0. The summed E-state index contributed by atoms with van der Waals surface area (Å²) in [7, 11) is 0. The van der Waals surface area contributed by atoms with Gasteiger partial charge in [-0.15, -0.1) is 0 Å². The number of aromatic amines is 1. The van der Waals surface area contributed by atoms with Crippen LogP contribution in [0.15, 0.2) is 47.3 Å². The van der Waals surface area contributed by atoms with Crippen molar-refractivity contribution in [3.8, 4) is 17.1 Å². The predicted molar refractivity (Wildman–Crippen MR) is 108 cm³/mol. The van der Waals surface area contributed by atoms with Gasteiger partial charge in [0, 0.05) is 42.7 Å². The van der Waals surface area contributed by atoms with Gasteiger partial charge in [-0.2, -0.15) is 0 Å². The molecule has 2 aromatic carbocycles. The maximum absolute atomic E-state index is 12.6. The van der Waals surface area contributed by atoms with Gasteiger partial charge < -0.3 is 10.1 Å². The summed E-state index contributed by atoms with van der Waals surface area (Å²) in [6.45, 7) is 1.56. The average Bonchev–Trinajstić information content (AvgIpc) is 2.68. The van der Waals surface area contributed by atoms with Gasteiger partial charge in [0.1, 0.15) is 5.82 Å². The van der Waals surface area contributed by atoms with Crippen LogP contribution in [0.1, 0.15) is 16.8 Å². The summed E-state index contributed by atoms with van der Waals surface area (Å²) in [5.74, 6) is 0.149. The highest BCUT2D eigenvalue weighted by molar-refractivity contribution is 6.30. The van der Waals surface area contributed by atoms with Crippen molar-refractivity contribution in [1.29, 1.82) is 0 Å². The first-order valence-corrected chi connectivity index (χ1v) is 9.35. The van der Waals surface area contributed by atoms with Gasteiger partial charge in [-0.25, -0.2) is 4.98 Å². The molecule has 0 saturated carbocycles. The van der Waals surface area contributed by atoms with Crippen LogP contribution in [0.4, 0.5) is 5.69 Å². The first-order chi connectivity index (χ1) is 13.9. The number of nitrogens with one attached hydrogen (secondary N) is 1. The molecule has 0 radical (unpaired) electrons. The van der Waals surface area contributed by atoms with Crippen LogP contribution < -0.4 is 5.56 Å². The molecule has 2 heterocycles. The third-order valence-electron chi connectivity index (χ3n) is 4.91. The molecule has 0 atom stereocenters. The van der Waals surface area contributed by atoms with Crippen molar-refractivity contribution in [3.05, 3.63) is 84.8 Å². The number of aromatic hydroxyl groups is 1. The second-order valence-corrected chi connectivity index (χ2v) is 7.32. The Morgan fingerprint density at radius 2 is 2.00 bits per heavy atom. The Bertz CT molecular complexity index is 1140. The molecule has 29 heavy (non-hydrogen) atoms. The van der Waals surface area contributed by atoms with E-state index in [9.17, 15) is 20.0 Å². The Labute approximate surface area is 170 Å². The van der Waals surface area contributed by atoms with E-state index in [4.69, 9.17) is 11.6 Å². The molecule has 0 saturated heterocycles. The van der Waals surface area contributed by atoms with E-state index in [-0.39, 0.29) is 17.0 Å².